The summed E-state index contributed by atoms with van der Waals surface area (Å²) in [6, 6.07) is 0. The Morgan fingerprint density at radius 3 is 2.61 bits per heavy atom. The molecule has 0 spiro atoms. The van der Waals surface area contributed by atoms with Crippen LogP contribution in [-0.4, -0.2) is 17.9 Å². The maximum atomic E-state index is 11.6. The molecule has 1 N–H and O–H groups in total. The monoisotopic (exact) mass is 315 g/mol. The number of halogens is 1. The van der Waals surface area contributed by atoms with Crippen LogP contribution in [-0.2, 0) is 9.53 Å². The highest BCUT2D eigenvalue weighted by molar-refractivity contribution is 9.09. The second kappa shape index (κ2) is 10.2. The summed E-state index contributed by atoms with van der Waals surface area (Å²) in [6.45, 7) is 0.528. The standard InChI is InChI=1S/C14H22BrNO2/c15-10-6-3-1-2-4-8-12-18-14(17)13-9-5-7-11-16-13/h7,9,11,16H,1-6,8,10,12H2. The van der Waals surface area contributed by atoms with Crippen LogP contribution >= 0.6 is 15.9 Å². The molecule has 0 radical (unpaired) electrons. The molecule has 0 bridgehead atoms. The molecule has 1 aliphatic rings. The number of unbranched alkanes of at least 4 members (excludes halogenated alkanes) is 5. The summed E-state index contributed by atoms with van der Waals surface area (Å²) < 4.78 is 5.20. The highest BCUT2D eigenvalue weighted by Crippen LogP contribution is 2.07. The first-order valence-corrected chi connectivity index (χ1v) is 7.81. The SMILES string of the molecule is O=C(OCCCCCCCCBr)C1=CCC=CN1. The first-order chi connectivity index (χ1) is 8.84. The van der Waals surface area contributed by atoms with E-state index in [4.69, 9.17) is 4.74 Å². The number of ether oxygens (including phenoxy) is 1. The van der Waals surface area contributed by atoms with Crippen molar-refractivity contribution >= 4 is 21.9 Å². The highest BCUT2D eigenvalue weighted by atomic mass is 79.9. The van der Waals surface area contributed by atoms with Gasteiger partial charge in [-0.2, -0.15) is 0 Å². The van der Waals surface area contributed by atoms with Crippen molar-refractivity contribution in [3.8, 4) is 0 Å². The number of nitrogens with one attached hydrogen (secondary N) is 1. The van der Waals surface area contributed by atoms with Crippen LogP contribution in [0.25, 0.3) is 0 Å². The van der Waals surface area contributed by atoms with Crippen LogP contribution in [0.4, 0.5) is 0 Å². The molecule has 1 aliphatic heterocycles. The Morgan fingerprint density at radius 1 is 1.22 bits per heavy atom. The molecule has 0 aromatic heterocycles. The van der Waals surface area contributed by atoms with E-state index in [1.54, 1.807) is 6.20 Å². The number of rotatable bonds is 9. The van der Waals surface area contributed by atoms with Crippen molar-refractivity contribution in [3.05, 3.63) is 24.0 Å². The van der Waals surface area contributed by atoms with Gasteiger partial charge in [0, 0.05) is 5.33 Å². The molecule has 0 saturated carbocycles. The third kappa shape index (κ3) is 6.84. The summed E-state index contributed by atoms with van der Waals surface area (Å²) in [5, 5.41) is 3.99. The second-order valence-corrected chi connectivity index (χ2v) is 5.14. The van der Waals surface area contributed by atoms with Gasteiger partial charge in [0.2, 0.25) is 0 Å². The number of dihydropyridines is 1. The van der Waals surface area contributed by atoms with Crippen LogP contribution in [0.15, 0.2) is 24.0 Å². The fraction of sp³-hybridized carbons (Fsp3) is 0.643. The third-order valence-electron chi connectivity index (χ3n) is 2.80. The van der Waals surface area contributed by atoms with E-state index in [2.05, 4.69) is 21.2 Å². The van der Waals surface area contributed by atoms with Crippen LogP contribution in [0.1, 0.15) is 44.9 Å². The van der Waals surface area contributed by atoms with Crippen molar-refractivity contribution in [1.29, 1.82) is 0 Å². The lowest BCUT2D eigenvalue weighted by Crippen LogP contribution is -2.20. The molecule has 102 valence electrons. The molecule has 0 fully saturated rings. The molecule has 3 nitrogen and oxygen atoms in total. The average molecular weight is 316 g/mol. The van der Waals surface area contributed by atoms with Gasteiger partial charge in [-0.05, 0) is 31.5 Å². The molecule has 0 amide bonds. The zero-order valence-corrected chi connectivity index (χ0v) is 12.4. The van der Waals surface area contributed by atoms with Crippen molar-refractivity contribution in [3.63, 3.8) is 0 Å². The number of alkyl halides is 1. The minimum Gasteiger partial charge on any atom is -0.461 e. The molecular formula is C14H22BrNO2. The van der Waals surface area contributed by atoms with Crippen molar-refractivity contribution in [2.45, 2.75) is 44.9 Å². The summed E-state index contributed by atoms with van der Waals surface area (Å²) >= 11 is 3.42. The first-order valence-electron chi connectivity index (χ1n) is 6.69. The second-order valence-electron chi connectivity index (χ2n) is 4.35. The summed E-state index contributed by atoms with van der Waals surface area (Å²) in [4.78, 5) is 11.6. The topological polar surface area (TPSA) is 38.3 Å². The van der Waals surface area contributed by atoms with Crippen molar-refractivity contribution in [2.75, 3.05) is 11.9 Å². The van der Waals surface area contributed by atoms with Crippen LogP contribution in [0.3, 0.4) is 0 Å². The maximum absolute atomic E-state index is 11.6. The average Bonchev–Trinajstić information content (AvgIpc) is 2.42. The number of carbonyl (C=O) groups is 1. The van der Waals surface area contributed by atoms with Gasteiger partial charge in [0.05, 0.1) is 6.61 Å². The molecule has 0 aliphatic carbocycles. The van der Waals surface area contributed by atoms with Crippen LogP contribution in [0.2, 0.25) is 0 Å². The van der Waals surface area contributed by atoms with Gasteiger partial charge in [-0.15, -0.1) is 0 Å². The van der Waals surface area contributed by atoms with Crippen molar-refractivity contribution < 1.29 is 9.53 Å². The smallest absolute Gasteiger partial charge is 0.354 e. The van der Waals surface area contributed by atoms with E-state index in [-0.39, 0.29) is 5.97 Å². The molecule has 0 aromatic carbocycles. The van der Waals surface area contributed by atoms with Crippen molar-refractivity contribution in [2.24, 2.45) is 0 Å². The van der Waals surface area contributed by atoms with E-state index in [1.807, 2.05) is 12.2 Å². The van der Waals surface area contributed by atoms with E-state index in [0.29, 0.717) is 12.3 Å². The lowest BCUT2D eigenvalue weighted by atomic mass is 10.1. The number of allylic oxidation sites excluding steroid dienone is 2. The summed E-state index contributed by atoms with van der Waals surface area (Å²) in [7, 11) is 0. The van der Waals surface area contributed by atoms with E-state index in [1.165, 1.54) is 25.7 Å². The minimum absolute atomic E-state index is 0.237. The van der Waals surface area contributed by atoms with Gasteiger partial charge in [0.15, 0.2) is 0 Å². The molecule has 0 aromatic rings. The molecule has 0 unspecified atom stereocenters. The van der Waals surface area contributed by atoms with Gasteiger partial charge in [0.25, 0.3) is 0 Å². The van der Waals surface area contributed by atoms with E-state index in [9.17, 15) is 4.79 Å². The maximum Gasteiger partial charge on any atom is 0.354 e. The number of hydrogen-bond acceptors (Lipinski definition) is 3. The van der Waals surface area contributed by atoms with Crippen LogP contribution in [0.5, 0.6) is 0 Å². The Morgan fingerprint density at radius 2 is 1.94 bits per heavy atom. The Balaban J connectivity index is 1.94. The predicted octanol–water partition coefficient (Wildman–Crippen LogP) is 3.66. The summed E-state index contributed by atoms with van der Waals surface area (Å²) in [6.07, 6.45) is 13.5. The number of esters is 1. The highest BCUT2D eigenvalue weighted by Gasteiger charge is 2.10. The Hall–Kier alpha value is -0.770. The molecule has 1 heterocycles. The zero-order chi connectivity index (χ0) is 13.1. The van der Waals surface area contributed by atoms with Gasteiger partial charge in [-0.25, -0.2) is 4.79 Å². The minimum atomic E-state index is -0.237. The van der Waals surface area contributed by atoms with E-state index >= 15 is 0 Å². The predicted molar refractivity (Wildman–Crippen MR) is 77.4 cm³/mol. The van der Waals surface area contributed by atoms with Gasteiger partial charge >= 0.3 is 5.97 Å². The summed E-state index contributed by atoms with van der Waals surface area (Å²) in [5.41, 5.74) is 0.565. The fourth-order valence-electron chi connectivity index (χ4n) is 1.75. The fourth-order valence-corrected chi connectivity index (χ4v) is 2.15. The number of carbonyl (C=O) groups excluding carboxylic acids is 1. The quantitative estimate of drug-likeness (QED) is 0.401. The molecular weight excluding hydrogens is 294 g/mol. The normalized spacial score (nSPS) is 13.9. The Bertz CT molecular complexity index is 300. The lowest BCUT2D eigenvalue weighted by molar-refractivity contribution is -0.139. The zero-order valence-electron chi connectivity index (χ0n) is 10.8. The molecule has 0 atom stereocenters. The molecule has 0 saturated heterocycles. The van der Waals surface area contributed by atoms with E-state index in [0.717, 1.165) is 24.6 Å². The lowest BCUT2D eigenvalue weighted by Gasteiger charge is -2.10. The van der Waals surface area contributed by atoms with Gasteiger partial charge in [-0.1, -0.05) is 47.7 Å². The third-order valence-corrected chi connectivity index (χ3v) is 3.36. The largest absolute Gasteiger partial charge is 0.461 e. The molecule has 1 rings (SSSR count). The van der Waals surface area contributed by atoms with Gasteiger partial charge < -0.3 is 10.1 Å². The Kier molecular flexibility index (Phi) is 8.65. The van der Waals surface area contributed by atoms with Gasteiger partial charge in [-0.3, -0.25) is 0 Å². The molecule has 4 heteroatoms. The van der Waals surface area contributed by atoms with Crippen LogP contribution < -0.4 is 5.32 Å². The molecule has 18 heavy (non-hydrogen) atoms. The Labute approximate surface area is 118 Å². The first kappa shape index (κ1) is 15.3. The van der Waals surface area contributed by atoms with Gasteiger partial charge in [0.1, 0.15) is 5.70 Å². The van der Waals surface area contributed by atoms with Crippen LogP contribution in [0, 0.1) is 0 Å². The van der Waals surface area contributed by atoms with Crippen molar-refractivity contribution in [1.82, 2.24) is 5.32 Å². The number of hydrogen-bond donors (Lipinski definition) is 1. The summed E-state index contributed by atoms with van der Waals surface area (Å²) in [5.74, 6) is -0.237. The van der Waals surface area contributed by atoms with E-state index < -0.39 is 0 Å².